The summed E-state index contributed by atoms with van der Waals surface area (Å²) < 4.78 is 5.11. The van der Waals surface area contributed by atoms with Crippen LogP contribution in [0.4, 0.5) is 5.69 Å². The zero-order valence-corrected chi connectivity index (χ0v) is 19.4. The monoisotopic (exact) mass is 525 g/mol. The van der Waals surface area contributed by atoms with Crippen molar-refractivity contribution in [3.8, 4) is 0 Å². The van der Waals surface area contributed by atoms with Crippen molar-refractivity contribution in [2.45, 2.75) is 19.9 Å². The Morgan fingerprint density at radius 2 is 2.10 bits per heavy atom. The summed E-state index contributed by atoms with van der Waals surface area (Å²) in [4.78, 5) is 21.9. The second kappa shape index (κ2) is 11.6. The molecule has 3 rings (SSSR count). The van der Waals surface area contributed by atoms with Crippen LogP contribution in [-0.4, -0.2) is 30.4 Å². The van der Waals surface area contributed by atoms with Gasteiger partial charge in [0.15, 0.2) is 11.7 Å². The van der Waals surface area contributed by atoms with Gasteiger partial charge in [0, 0.05) is 43.3 Å². The number of aliphatic imine (C=N–C) groups is 1. The van der Waals surface area contributed by atoms with Gasteiger partial charge in [-0.1, -0.05) is 12.1 Å². The highest BCUT2D eigenvalue weighted by atomic mass is 127. The number of furan rings is 1. The van der Waals surface area contributed by atoms with Crippen LogP contribution in [0.2, 0.25) is 0 Å². The fraction of sp³-hybridized carbons (Fsp3) is 0.250. The summed E-state index contributed by atoms with van der Waals surface area (Å²) in [5.41, 5.74) is 1.73. The Kier molecular flexibility index (Phi) is 9.13. The number of guanidine groups is 1. The Labute approximate surface area is 191 Å². The summed E-state index contributed by atoms with van der Waals surface area (Å²) >= 11 is 1.71. The molecule has 0 aliphatic rings. The molecule has 1 aromatic carbocycles. The molecule has 2 heterocycles. The van der Waals surface area contributed by atoms with Gasteiger partial charge < -0.3 is 20.4 Å². The van der Waals surface area contributed by atoms with Crippen molar-refractivity contribution in [2.24, 2.45) is 4.99 Å². The van der Waals surface area contributed by atoms with E-state index in [1.54, 1.807) is 30.5 Å². The third-order valence-electron chi connectivity index (χ3n) is 3.91. The van der Waals surface area contributed by atoms with Gasteiger partial charge in [-0.2, -0.15) is 0 Å². The Hall–Kier alpha value is -2.40. The zero-order valence-electron chi connectivity index (χ0n) is 16.3. The lowest BCUT2D eigenvalue weighted by atomic mass is 10.2. The summed E-state index contributed by atoms with van der Waals surface area (Å²) in [7, 11) is 1.74. The summed E-state index contributed by atoms with van der Waals surface area (Å²) in [5, 5.41) is 10.5. The minimum atomic E-state index is -0.273. The SMILES string of the molecule is CN=C(NCCc1ncc(C)s1)NCc1cccc(NC(=O)c2ccco2)c1.I. The highest BCUT2D eigenvalue weighted by Gasteiger charge is 2.09. The number of hydrogen-bond acceptors (Lipinski definition) is 5. The number of amides is 1. The summed E-state index contributed by atoms with van der Waals surface area (Å²) in [6.45, 7) is 3.40. The van der Waals surface area contributed by atoms with E-state index in [0.29, 0.717) is 12.2 Å². The fourth-order valence-electron chi connectivity index (χ4n) is 2.57. The molecule has 29 heavy (non-hydrogen) atoms. The average molecular weight is 525 g/mol. The highest BCUT2D eigenvalue weighted by Crippen LogP contribution is 2.13. The number of aromatic nitrogens is 1. The average Bonchev–Trinajstić information content (AvgIpc) is 3.37. The first-order valence-corrected chi connectivity index (χ1v) is 9.75. The van der Waals surface area contributed by atoms with Gasteiger partial charge in [0.1, 0.15) is 0 Å². The molecule has 0 unspecified atom stereocenters. The standard InChI is InChI=1S/C20H23N5O2S.HI/c1-14-12-23-18(28-14)8-9-22-20(21-2)24-13-15-5-3-6-16(11-15)25-19(26)17-7-4-10-27-17;/h3-7,10-12H,8-9,13H2,1-2H3,(H,25,26)(H2,21,22,24);1H. The molecule has 2 aromatic heterocycles. The van der Waals surface area contributed by atoms with Crippen molar-refractivity contribution in [3.63, 3.8) is 0 Å². The number of rotatable bonds is 7. The van der Waals surface area contributed by atoms with Crippen LogP contribution in [0.25, 0.3) is 0 Å². The van der Waals surface area contributed by atoms with Crippen molar-refractivity contribution in [1.82, 2.24) is 15.6 Å². The van der Waals surface area contributed by atoms with Gasteiger partial charge in [-0.15, -0.1) is 35.3 Å². The zero-order chi connectivity index (χ0) is 19.8. The molecule has 154 valence electrons. The van der Waals surface area contributed by atoms with Crippen LogP contribution < -0.4 is 16.0 Å². The topological polar surface area (TPSA) is 91.5 Å². The van der Waals surface area contributed by atoms with Crippen LogP contribution in [-0.2, 0) is 13.0 Å². The smallest absolute Gasteiger partial charge is 0.291 e. The third-order valence-corrected chi connectivity index (χ3v) is 4.89. The molecular weight excluding hydrogens is 501 g/mol. The van der Waals surface area contributed by atoms with E-state index in [2.05, 4.69) is 32.9 Å². The van der Waals surface area contributed by atoms with Crippen LogP contribution in [0.3, 0.4) is 0 Å². The molecule has 0 aliphatic heterocycles. The van der Waals surface area contributed by atoms with Crippen molar-refractivity contribution in [2.75, 3.05) is 18.9 Å². The number of nitrogens with zero attached hydrogens (tertiary/aromatic N) is 2. The first-order chi connectivity index (χ1) is 13.6. The summed E-state index contributed by atoms with van der Waals surface area (Å²) in [5.74, 6) is 0.729. The number of hydrogen-bond donors (Lipinski definition) is 3. The van der Waals surface area contributed by atoms with E-state index in [1.807, 2.05) is 30.5 Å². The van der Waals surface area contributed by atoms with Crippen molar-refractivity contribution < 1.29 is 9.21 Å². The van der Waals surface area contributed by atoms with Crippen LogP contribution >= 0.6 is 35.3 Å². The number of nitrogens with one attached hydrogen (secondary N) is 3. The second-order valence-electron chi connectivity index (χ2n) is 6.10. The van der Waals surface area contributed by atoms with Crippen molar-refractivity contribution in [3.05, 3.63) is 70.1 Å². The molecule has 0 aliphatic carbocycles. The Morgan fingerprint density at radius 3 is 2.79 bits per heavy atom. The Morgan fingerprint density at radius 1 is 1.24 bits per heavy atom. The molecule has 3 aromatic rings. The molecule has 1 amide bonds. The van der Waals surface area contributed by atoms with Crippen LogP contribution in [0.15, 0.2) is 58.3 Å². The molecule has 0 radical (unpaired) electrons. The van der Waals surface area contributed by atoms with E-state index in [-0.39, 0.29) is 35.6 Å². The number of halogens is 1. The maximum Gasteiger partial charge on any atom is 0.291 e. The van der Waals surface area contributed by atoms with E-state index in [1.165, 1.54) is 11.1 Å². The second-order valence-corrected chi connectivity index (χ2v) is 7.42. The van der Waals surface area contributed by atoms with Crippen molar-refractivity contribution >= 4 is 52.9 Å². The van der Waals surface area contributed by atoms with E-state index in [0.717, 1.165) is 29.5 Å². The van der Waals surface area contributed by atoms with Gasteiger partial charge in [-0.3, -0.25) is 9.79 Å². The summed E-state index contributed by atoms with van der Waals surface area (Å²) in [6.07, 6.45) is 4.22. The lowest BCUT2D eigenvalue weighted by Gasteiger charge is -2.12. The van der Waals surface area contributed by atoms with Gasteiger partial charge in [-0.05, 0) is 36.8 Å². The maximum absolute atomic E-state index is 12.1. The van der Waals surface area contributed by atoms with E-state index < -0.39 is 0 Å². The minimum absolute atomic E-state index is 0. The van der Waals surface area contributed by atoms with E-state index in [9.17, 15) is 4.79 Å². The van der Waals surface area contributed by atoms with Crippen LogP contribution in [0, 0.1) is 6.92 Å². The largest absolute Gasteiger partial charge is 0.459 e. The molecule has 0 atom stereocenters. The van der Waals surface area contributed by atoms with Crippen molar-refractivity contribution in [1.29, 1.82) is 0 Å². The van der Waals surface area contributed by atoms with Gasteiger partial charge in [0.2, 0.25) is 0 Å². The normalized spacial score (nSPS) is 10.9. The Balaban J connectivity index is 0.00000300. The van der Waals surface area contributed by atoms with Gasteiger partial charge in [-0.25, -0.2) is 4.98 Å². The van der Waals surface area contributed by atoms with Crippen LogP contribution in [0.1, 0.15) is 26.0 Å². The molecule has 0 fully saturated rings. The highest BCUT2D eigenvalue weighted by molar-refractivity contribution is 14.0. The van der Waals surface area contributed by atoms with Gasteiger partial charge >= 0.3 is 0 Å². The number of anilines is 1. The molecule has 0 saturated heterocycles. The number of thiazole rings is 1. The maximum atomic E-state index is 12.1. The third kappa shape index (κ3) is 7.17. The molecule has 7 nitrogen and oxygen atoms in total. The quantitative estimate of drug-likeness (QED) is 0.248. The number of carbonyl (C=O) groups excluding carboxylic acids is 1. The minimum Gasteiger partial charge on any atom is -0.459 e. The first kappa shape index (κ1) is 22.9. The molecule has 3 N–H and O–H groups in total. The first-order valence-electron chi connectivity index (χ1n) is 8.93. The lowest BCUT2D eigenvalue weighted by Crippen LogP contribution is -2.37. The molecule has 0 spiro atoms. The number of aryl methyl sites for hydroxylation is 1. The lowest BCUT2D eigenvalue weighted by molar-refractivity contribution is 0.0996. The number of benzene rings is 1. The fourth-order valence-corrected chi connectivity index (χ4v) is 3.36. The molecule has 0 bridgehead atoms. The predicted octanol–water partition coefficient (Wildman–Crippen LogP) is 3.82. The van der Waals surface area contributed by atoms with Gasteiger partial charge in [0.25, 0.3) is 5.91 Å². The predicted molar refractivity (Wildman–Crippen MR) is 127 cm³/mol. The summed E-state index contributed by atoms with van der Waals surface area (Å²) in [6, 6.07) is 11.0. The molecule has 0 saturated carbocycles. The molecular formula is C20H24IN5O2S. The Bertz CT molecular complexity index is 940. The van der Waals surface area contributed by atoms with Crippen LogP contribution in [0.5, 0.6) is 0 Å². The van der Waals surface area contributed by atoms with E-state index >= 15 is 0 Å². The van der Waals surface area contributed by atoms with E-state index in [4.69, 9.17) is 4.42 Å². The number of carbonyl (C=O) groups is 1. The molecule has 9 heteroatoms. The van der Waals surface area contributed by atoms with Gasteiger partial charge in [0.05, 0.1) is 11.3 Å².